The summed E-state index contributed by atoms with van der Waals surface area (Å²) in [4.78, 5) is 10.6. The van der Waals surface area contributed by atoms with Gasteiger partial charge in [0.15, 0.2) is 0 Å². The minimum Gasteiger partial charge on any atom is -0.353 e. The number of rotatable bonds is 4. The van der Waals surface area contributed by atoms with Crippen LogP contribution in [0.3, 0.4) is 0 Å². The molecule has 14 heavy (non-hydrogen) atoms. The lowest BCUT2D eigenvalue weighted by atomic mass is 9.91. The Hall–Kier alpha value is -0.640. The second-order valence-corrected chi connectivity index (χ2v) is 4.33. The van der Waals surface area contributed by atoms with Crippen LogP contribution in [0, 0.1) is 0 Å². The highest BCUT2D eigenvalue weighted by Crippen LogP contribution is 2.27. The molecule has 0 aliphatic heterocycles. The molecule has 0 unspecified atom stereocenters. The van der Waals surface area contributed by atoms with Crippen LogP contribution in [-0.4, -0.2) is 27.9 Å². The SMILES string of the molecule is BrCCN(c1ccncn1)C1CCC1. The van der Waals surface area contributed by atoms with Gasteiger partial charge < -0.3 is 4.90 Å². The molecule has 0 aromatic carbocycles. The molecule has 0 bridgehead atoms. The van der Waals surface area contributed by atoms with Crippen molar-refractivity contribution in [3.8, 4) is 0 Å². The molecule has 1 heterocycles. The van der Waals surface area contributed by atoms with Crippen LogP contribution in [0.25, 0.3) is 0 Å². The monoisotopic (exact) mass is 255 g/mol. The van der Waals surface area contributed by atoms with E-state index < -0.39 is 0 Å². The second kappa shape index (κ2) is 4.73. The first kappa shape index (κ1) is 9.90. The Kier molecular flexibility index (Phi) is 3.35. The van der Waals surface area contributed by atoms with Gasteiger partial charge in [-0.1, -0.05) is 15.9 Å². The summed E-state index contributed by atoms with van der Waals surface area (Å²) in [5, 5.41) is 0.994. The van der Waals surface area contributed by atoms with Gasteiger partial charge in [0.05, 0.1) is 0 Å². The molecular formula is C10H14BrN3. The van der Waals surface area contributed by atoms with E-state index in [2.05, 4.69) is 30.8 Å². The van der Waals surface area contributed by atoms with E-state index in [0.29, 0.717) is 6.04 Å². The third-order valence-electron chi connectivity index (χ3n) is 2.70. The Morgan fingerprint density at radius 3 is 2.86 bits per heavy atom. The summed E-state index contributed by atoms with van der Waals surface area (Å²) in [5.41, 5.74) is 0. The van der Waals surface area contributed by atoms with Gasteiger partial charge in [0, 0.05) is 24.1 Å². The molecule has 1 aliphatic rings. The molecule has 1 aliphatic carbocycles. The van der Waals surface area contributed by atoms with Crippen LogP contribution >= 0.6 is 15.9 Å². The zero-order chi connectivity index (χ0) is 9.80. The van der Waals surface area contributed by atoms with Crippen molar-refractivity contribution >= 4 is 21.7 Å². The Bertz CT molecular complexity index is 274. The maximum Gasteiger partial charge on any atom is 0.132 e. The molecule has 0 saturated heterocycles. The van der Waals surface area contributed by atoms with Crippen LogP contribution in [-0.2, 0) is 0 Å². The number of halogens is 1. The quantitative estimate of drug-likeness (QED) is 0.773. The van der Waals surface area contributed by atoms with E-state index in [4.69, 9.17) is 0 Å². The first-order valence-corrected chi connectivity index (χ1v) is 6.12. The van der Waals surface area contributed by atoms with Gasteiger partial charge in [-0.3, -0.25) is 0 Å². The minimum absolute atomic E-state index is 0.697. The number of hydrogen-bond donors (Lipinski definition) is 0. The Balaban J connectivity index is 2.09. The van der Waals surface area contributed by atoms with Crippen molar-refractivity contribution in [2.24, 2.45) is 0 Å². The van der Waals surface area contributed by atoms with E-state index in [1.54, 1.807) is 6.33 Å². The molecule has 0 spiro atoms. The topological polar surface area (TPSA) is 29.0 Å². The average Bonchev–Trinajstić information content (AvgIpc) is 2.16. The summed E-state index contributed by atoms with van der Waals surface area (Å²) in [6.45, 7) is 1.03. The zero-order valence-corrected chi connectivity index (χ0v) is 9.65. The molecule has 4 heteroatoms. The smallest absolute Gasteiger partial charge is 0.132 e. The van der Waals surface area contributed by atoms with Gasteiger partial charge in [-0.25, -0.2) is 9.97 Å². The number of anilines is 1. The minimum atomic E-state index is 0.697. The molecule has 76 valence electrons. The molecule has 1 aromatic rings. The lowest BCUT2D eigenvalue weighted by Crippen LogP contribution is -2.41. The summed E-state index contributed by atoms with van der Waals surface area (Å²) < 4.78 is 0. The van der Waals surface area contributed by atoms with Crippen LogP contribution < -0.4 is 4.90 Å². The number of nitrogens with zero attached hydrogens (tertiary/aromatic N) is 3. The average molecular weight is 256 g/mol. The highest BCUT2D eigenvalue weighted by Gasteiger charge is 2.25. The van der Waals surface area contributed by atoms with E-state index in [1.165, 1.54) is 19.3 Å². The van der Waals surface area contributed by atoms with Gasteiger partial charge >= 0.3 is 0 Å². The lowest BCUT2D eigenvalue weighted by molar-refractivity contribution is 0.389. The number of aromatic nitrogens is 2. The fourth-order valence-electron chi connectivity index (χ4n) is 1.73. The predicted molar refractivity (Wildman–Crippen MR) is 60.8 cm³/mol. The molecule has 1 fully saturated rings. The first-order chi connectivity index (χ1) is 6.92. The van der Waals surface area contributed by atoms with Crippen molar-refractivity contribution in [3.05, 3.63) is 18.6 Å². The van der Waals surface area contributed by atoms with Crippen molar-refractivity contribution in [1.29, 1.82) is 0 Å². The normalized spacial score (nSPS) is 16.4. The van der Waals surface area contributed by atoms with Crippen LogP contribution in [0.1, 0.15) is 19.3 Å². The van der Waals surface area contributed by atoms with Crippen LogP contribution in [0.2, 0.25) is 0 Å². The van der Waals surface area contributed by atoms with Crippen molar-refractivity contribution in [3.63, 3.8) is 0 Å². The van der Waals surface area contributed by atoms with Gasteiger partial charge in [-0.15, -0.1) is 0 Å². The molecule has 0 amide bonds. The van der Waals surface area contributed by atoms with E-state index in [-0.39, 0.29) is 0 Å². The van der Waals surface area contributed by atoms with Crippen LogP contribution in [0.15, 0.2) is 18.6 Å². The molecule has 0 atom stereocenters. The predicted octanol–water partition coefficient (Wildman–Crippen LogP) is 2.23. The molecule has 2 rings (SSSR count). The van der Waals surface area contributed by atoms with E-state index >= 15 is 0 Å². The van der Waals surface area contributed by atoms with Crippen molar-refractivity contribution < 1.29 is 0 Å². The molecule has 1 saturated carbocycles. The van der Waals surface area contributed by atoms with E-state index in [0.717, 1.165) is 17.7 Å². The van der Waals surface area contributed by atoms with Gasteiger partial charge in [0.25, 0.3) is 0 Å². The van der Waals surface area contributed by atoms with Crippen molar-refractivity contribution in [1.82, 2.24) is 9.97 Å². The Morgan fingerprint density at radius 2 is 2.36 bits per heavy atom. The second-order valence-electron chi connectivity index (χ2n) is 3.53. The fourth-order valence-corrected chi connectivity index (χ4v) is 2.11. The summed E-state index contributed by atoms with van der Waals surface area (Å²) in [7, 11) is 0. The number of alkyl halides is 1. The fraction of sp³-hybridized carbons (Fsp3) is 0.600. The van der Waals surface area contributed by atoms with Gasteiger partial charge in [-0.2, -0.15) is 0 Å². The third-order valence-corrected chi connectivity index (χ3v) is 3.06. The molecular weight excluding hydrogens is 242 g/mol. The Labute approximate surface area is 92.7 Å². The highest BCUT2D eigenvalue weighted by molar-refractivity contribution is 9.09. The zero-order valence-electron chi connectivity index (χ0n) is 8.06. The summed E-state index contributed by atoms with van der Waals surface area (Å²) in [6, 6.07) is 2.68. The van der Waals surface area contributed by atoms with E-state index in [9.17, 15) is 0 Å². The molecule has 0 radical (unpaired) electrons. The van der Waals surface area contributed by atoms with Crippen molar-refractivity contribution in [2.75, 3.05) is 16.8 Å². The molecule has 0 N–H and O–H groups in total. The van der Waals surface area contributed by atoms with Gasteiger partial charge in [0.1, 0.15) is 12.1 Å². The maximum atomic E-state index is 4.29. The standard InChI is InChI=1S/C10H14BrN3/c11-5-7-14(9-2-1-3-9)10-4-6-12-8-13-10/h4,6,8-9H,1-3,5,7H2. The largest absolute Gasteiger partial charge is 0.353 e. The van der Waals surface area contributed by atoms with E-state index in [1.807, 2.05) is 12.3 Å². The highest BCUT2D eigenvalue weighted by atomic mass is 79.9. The number of hydrogen-bond acceptors (Lipinski definition) is 3. The van der Waals surface area contributed by atoms with Crippen LogP contribution in [0.5, 0.6) is 0 Å². The van der Waals surface area contributed by atoms with Crippen molar-refractivity contribution in [2.45, 2.75) is 25.3 Å². The third kappa shape index (κ3) is 2.05. The summed E-state index contributed by atoms with van der Waals surface area (Å²) in [6.07, 6.45) is 7.39. The first-order valence-electron chi connectivity index (χ1n) is 5.00. The maximum absolute atomic E-state index is 4.29. The van der Waals surface area contributed by atoms with Crippen LogP contribution in [0.4, 0.5) is 5.82 Å². The molecule has 3 nitrogen and oxygen atoms in total. The lowest BCUT2D eigenvalue weighted by Gasteiger charge is -2.38. The summed E-state index contributed by atoms with van der Waals surface area (Å²) in [5.74, 6) is 1.06. The molecule has 1 aromatic heterocycles. The van der Waals surface area contributed by atoms with Gasteiger partial charge in [-0.05, 0) is 25.3 Å². The Morgan fingerprint density at radius 1 is 1.50 bits per heavy atom. The summed E-state index contributed by atoms with van der Waals surface area (Å²) >= 11 is 3.48. The van der Waals surface area contributed by atoms with Gasteiger partial charge in [0.2, 0.25) is 0 Å².